The maximum Gasteiger partial charge on any atom is 0.252 e. The number of benzene rings is 1. The summed E-state index contributed by atoms with van der Waals surface area (Å²) in [6, 6.07) is 10.8. The first-order valence-corrected chi connectivity index (χ1v) is 11.6. The van der Waals surface area contributed by atoms with Crippen molar-refractivity contribution in [2.45, 2.75) is 79.7 Å². The lowest BCUT2D eigenvalue weighted by atomic mass is 9.87. The molecule has 3 aromatic rings. The maximum absolute atomic E-state index is 12.6. The molecule has 0 bridgehead atoms. The van der Waals surface area contributed by atoms with E-state index < -0.39 is 5.41 Å². The summed E-state index contributed by atoms with van der Waals surface area (Å²) in [6.45, 7) is 15.8. The van der Waals surface area contributed by atoms with Crippen LogP contribution in [0.15, 0.2) is 36.7 Å². The summed E-state index contributed by atoms with van der Waals surface area (Å²) in [5, 5.41) is 17.0. The average molecular weight is 433 g/mol. The van der Waals surface area contributed by atoms with Crippen molar-refractivity contribution in [3.63, 3.8) is 0 Å². The Morgan fingerprint density at radius 3 is 2.25 bits per heavy atom. The third kappa shape index (κ3) is 5.19. The Morgan fingerprint density at radius 2 is 1.72 bits per heavy atom. The minimum Gasteiger partial charge on any atom is -0.349 e. The minimum absolute atomic E-state index is 0.0206. The molecule has 0 aliphatic heterocycles. The zero-order chi connectivity index (χ0) is 24.1. The third-order valence-electron chi connectivity index (χ3n) is 5.50. The van der Waals surface area contributed by atoms with E-state index in [0.717, 1.165) is 51.7 Å². The van der Waals surface area contributed by atoms with E-state index in [1.54, 1.807) is 0 Å². The van der Waals surface area contributed by atoms with Crippen LogP contribution in [0.1, 0.15) is 81.4 Å². The summed E-state index contributed by atoms with van der Waals surface area (Å²) < 4.78 is 1.82. The molecular weight excluding hydrogens is 396 g/mol. The lowest BCUT2D eigenvalue weighted by Gasteiger charge is -2.16. The van der Waals surface area contributed by atoms with E-state index in [1.165, 1.54) is 0 Å². The van der Waals surface area contributed by atoms with Gasteiger partial charge in [-0.15, -0.1) is 0 Å². The monoisotopic (exact) mass is 432 g/mol. The highest BCUT2D eigenvalue weighted by Crippen LogP contribution is 2.31. The van der Waals surface area contributed by atoms with Crippen molar-refractivity contribution in [3.05, 3.63) is 58.9 Å². The Kier molecular flexibility index (Phi) is 8.21. The van der Waals surface area contributed by atoms with E-state index >= 15 is 0 Å². The van der Waals surface area contributed by atoms with E-state index in [-0.39, 0.29) is 5.91 Å². The van der Waals surface area contributed by atoms with Crippen molar-refractivity contribution < 1.29 is 4.79 Å². The van der Waals surface area contributed by atoms with Gasteiger partial charge in [0.2, 0.25) is 0 Å². The SMILES string of the molecule is CC.CC.Cc1cc(-c2cnn3cc(C(C)(C)C#N)ccc23)cc(C)c1C(=O)NC1CC1. The molecule has 32 heavy (non-hydrogen) atoms. The number of aryl methyl sites for hydroxylation is 2. The summed E-state index contributed by atoms with van der Waals surface area (Å²) in [4.78, 5) is 12.6. The van der Waals surface area contributed by atoms with Crippen LogP contribution < -0.4 is 5.32 Å². The Hall–Kier alpha value is -3.13. The first kappa shape index (κ1) is 25.1. The van der Waals surface area contributed by atoms with Crippen molar-refractivity contribution >= 4 is 11.4 Å². The van der Waals surface area contributed by atoms with Gasteiger partial charge in [0.15, 0.2) is 0 Å². The molecular formula is C27H36N4O. The van der Waals surface area contributed by atoms with E-state index in [4.69, 9.17) is 0 Å². The third-order valence-corrected chi connectivity index (χ3v) is 5.50. The Morgan fingerprint density at radius 1 is 1.12 bits per heavy atom. The number of amides is 1. The van der Waals surface area contributed by atoms with Crippen LogP contribution in [0.25, 0.3) is 16.6 Å². The normalized spacial score (nSPS) is 12.7. The molecule has 4 rings (SSSR count). The van der Waals surface area contributed by atoms with Crippen molar-refractivity contribution in [2.75, 3.05) is 0 Å². The number of hydrogen-bond acceptors (Lipinski definition) is 3. The summed E-state index contributed by atoms with van der Waals surface area (Å²) in [5.41, 5.74) is 6.10. The predicted octanol–water partition coefficient (Wildman–Crippen LogP) is 6.36. The van der Waals surface area contributed by atoms with E-state index in [9.17, 15) is 10.1 Å². The Balaban J connectivity index is 0.000000860. The number of nitrogens with zero attached hydrogens (tertiary/aromatic N) is 3. The van der Waals surface area contributed by atoms with Crippen LogP contribution in [-0.2, 0) is 5.41 Å². The fraction of sp³-hybridized carbons (Fsp3) is 0.444. The van der Waals surface area contributed by atoms with E-state index in [0.29, 0.717) is 6.04 Å². The second-order valence-electron chi connectivity index (χ2n) is 8.28. The number of nitriles is 1. The zero-order valence-corrected chi connectivity index (χ0v) is 20.7. The van der Waals surface area contributed by atoms with Crippen LogP contribution >= 0.6 is 0 Å². The van der Waals surface area contributed by atoms with Crippen LogP contribution in [0.3, 0.4) is 0 Å². The summed E-state index contributed by atoms with van der Waals surface area (Å²) in [7, 11) is 0. The number of hydrogen-bond donors (Lipinski definition) is 1. The molecule has 0 spiro atoms. The van der Waals surface area contributed by atoms with Gasteiger partial charge in [-0.2, -0.15) is 10.4 Å². The van der Waals surface area contributed by atoms with E-state index in [1.807, 2.05) is 84.4 Å². The summed E-state index contributed by atoms with van der Waals surface area (Å²) in [5.74, 6) is 0.0206. The first-order valence-electron chi connectivity index (χ1n) is 11.6. The molecule has 0 saturated heterocycles. The lowest BCUT2D eigenvalue weighted by molar-refractivity contribution is 0.0950. The van der Waals surface area contributed by atoms with Crippen LogP contribution in [0.5, 0.6) is 0 Å². The molecule has 1 fully saturated rings. The molecule has 0 radical (unpaired) electrons. The fourth-order valence-corrected chi connectivity index (χ4v) is 3.60. The van der Waals surface area contributed by atoms with Gasteiger partial charge in [-0.1, -0.05) is 45.9 Å². The van der Waals surface area contributed by atoms with E-state index in [2.05, 4.69) is 28.6 Å². The van der Waals surface area contributed by atoms with Gasteiger partial charge in [0, 0.05) is 23.4 Å². The maximum atomic E-state index is 12.6. The van der Waals surface area contributed by atoms with Crippen molar-refractivity contribution in [3.8, 4) is 17.2 Å². The number of nitrogens with one attached hydrogen (secondary N) is 1. The van der Waals surface area contributed by atoms with Crippen LogP contribution in [0.4, 0.5) is 0 Å². The topological polar surface area (TPSA) is 70.2 Å². The number of rotatable bonds is 4. The number of carbonyl (C=O) groups excluding carboxylic acids is 1. The van der Waals surface area contributed by atoms with Gasteiger partial charge in [-0.25, -0.2) is 4.52 Å². The standard InChI is InChI=1S/C23H24N4O.2C2H6/c1-14-9-16(10-15(2)21(14)22(28)26-18-6-7-18)19-11-25-27-12-17(5-8-20(19)27)23(3,4)13-24;2*1-2/h5,8-12,18H,6-7H2,1-4H3,(H,26,28);2*1-2H3. The molecule has 1 N–H and O–H groups in total. The molecule has 5 heteroatoms. The average Bonchev–Trinajstić information content (AvgIpc) is 3.50. The largest absolute Gasteiger partial charge is 0.349 e. The molecule has 0 atom stereocenters. The summed E-state index contributed by atoms with van der Waals surface area (Å²) in [6.07, 6.45) is 5.92. The summed E-state index contributed by atoms with van der Waals surface area (Å²) >= 11 is 0. The van der Waals surface area contributed by atoms with Gasteiger partial charge in [0.1, 0.15) is 0 Å². The zero-order valence-electron chi connectivity index (χ0n) is 20.7. The number of pyridine rings is 1. The van der Waals surface area contributed by atoms with Gasteiger partial charge >= 0.3 is 0 Å². The molecule has 5 nitrogen and oxygen atoms in total. The Bertz CT molecular complexity index is 1110. The number of carbonyl (C=O) groups is 1. The highest BCUT2D eigenvalue weighted by molar-refractivity contribution is 5.98. The van der Waals surface area contributed by atoms with Crippen molar-refractivity contribution in [1.29, 1.82) is 5.26 Å². The molecule has 2 heterocycles. The predicted molar refractivity (Wildman–Crippen MR) is 132 cm³/mol. The second-order valence-corrected chi connectivity index (χ2v) is 8.28. The second kappa shape index (κ2) is 10.5. The molecule has 170 valence electrons. The first-order chi connectivity index (χ1) is 15.3. The lowest BCUT2D eigenvalue weighted by Crippen LogP contribution is -2.26. The van der Waals surface area contributed by atoms with Crippen LogP contribution in [-0.4, -0.2) is 21.6 Å². The molecule has 1 saturated carbocycles. The quantitative estimate of drug-likeness (QED) is 0.521. The fourth-order valence-electron chi connectivity index (χ4n) is 3.60. The van der Waals surface area contributed by atoms with Crippen molar-refractivity contribution in [2.24, 2.45) is 0 Å². The highest BCUT2D eigenvalue weighted by Gasteiger charge is 2.25. The van der Waals surface area contributed by atoms with Gasteiger partial charge < -0.3 is 5.32 Å². The number of aromatic nitrogens is 2. The van der Waals surface area contributed by atoms with Crippen molar-refractivity contribution in [1.82, 2.24) is 14.9 Å². The molecule has 1 aromatic carbocycles. The van der Waals surface area contributed by atoms with Crippen LogP contribution in [0, 0.1) is 25.2 Å². The molecule has 0 unspecified atom stereocenters. The van der Waals surface area contributed by atoms with Gasteiger partial charge in [0.25, 0.3) is 5.91 Å². The highest BCUT2D eigenvalue weighted by atomic mass is 16.1. The number of fused-ring (bicyclic) bond motifs is 1. The smallest absolute Gasteiger partial charge is 0.252 e. The molecule has 1 amide bonds. The molecule has 2 aromatic heterocycles. The van der Waals surface area contributed by atoms with Crippen LogP contribution in [0.2, 0.25) is 0 Å². The van der Waals surface area contributed by atoms with Gasteiger partial charge in [-0.05, 0) is 68.9 Å². The molecule has 1 aliphatic rings. The molecule has 1 aliphatic carbocycles. The van der Waals surface area contributed by atoms with Gasteiger partial charge in [0.05, 0.1) is 23.2 Å². The van der Waals surface area contributed by atoms with Gasteiger partial charge in [-0.3, -0.25) is 4.79 Å². The Labute approximate surface area is 192 Å². The minimum atomic E-state index is -0.565.